The van der Waals surface area contributed by atoms with Crippen molar-refractivity contribution in [1.29, 1.82) is 0 Å². The predicted octanol–water partition coefficient (Wildman–Crippen LogP) is 4.06. The molecule has 0 aromatic carbocycles. The molecule has 2 fully saturated rings. The molecule has 0 saturated heterocycles. The van der Waals surface area contributed by atoms with Gasteiger partial charge < -0.3 is 10.2 Å². The Morgan fingerprint density at radius 2 is 2.00 bits per heavy atom. The van der Waals surface area contributed by atoms with E-state index in [9.17, 15) is 10.2 Å². The minimum atomic E-state index is -0.566. The van der Waals surface area contributed by atoms with Crippen LogP contribution >= 0.6 is 0 Å². The van der Waals surface area contributed by atoms with Gasteiger partial charge in [0.15, 0.2) is 0 Å². The lowest BCUT2D eigenvalue weighted by Crippen LogP contribution is -2.40. The van der Waals surface area contributed by atoms with E-state index in [4.69, 9.17) is 0 Å². The monoisotopic (exact) mass is 280 g/mol. The van der Waals surface area contributed by atoms with Crippen molar-refractivity contribution in [2.45, 2.75) is 83.8 Å². The van der Waals surface area contributed by atoms with Crippen molar-refractivity contribution >= 4 is 0 Å². The summed E-state index contributed by atoms with van der Waals surface area (Å²) in [6.07, 6.45) is 8.51. The second-order valence-electron chi connectivity index (χ2n) is 8.03. The van der Waals surface area contributed by atoms with Crippen molar-refractivity contribution in [1.82, 2.24) is 0 Å². The number of aliphatic hydroxyl groups excluding tert-OH is 1. The normalized spacial score (nSPS) is 37.8. The molecule has 2 aliphatic carbocycles. The zero-order valence-electron chi connectivity index (χ0n) is 13.5. The lowest BCUT2D eigenvalue weighted by atomic mass is 9.62. The number of allylic oxidation sites excluding steroid dienone is 1. The second-order valence-corrected chi connectivity index (χ2v) is 8.03. The third-order valence-electron chi connectivity index (χ3n) is 5.87. The summed E-state index contributed by atoms with van der Waals surface area (Å²) in [5.74, 6) is 1.05. The van der Waals surface area contributed by atoms with Crippen LogP contribution in [0.1, 0.15) is 72.1 Å². The van der Waals surface area contributed by atoms with E-state index < -0.39 is 5.60 Å². The molecule has 0 aromatic rings. The standard InChI is InChI=1S/C18H32O2/c1-13(7-5-11-17(2,3)20)14-9-10-15-16(19)8-6-12-18(14,15)4/h14-16,19-20H,1,5-12H2,2-4H3/t14-,15+,16?,18?/m1/s1. The molecule has 2 rings (SSSR count). The number of aliphatic hydroxyl groups is 2. The molecule has 0 aromatic heterocycles. The molecule has 0 bridgehead atoms. The van der Waals surface area contributed by atoms with Crippen LogP contribution < -0.4 is 0 Å². The highest BCUT2D eigenvalue weighted by molar-refractivity contribution is 5.13. The van der Waals surface area contributed by atoms with Crippen LogP contribution in [0.15, 0.2) is 12.2 Å². The Morgan fingerprint density at radius 1 is 1.30 bits per heavy atom. The summed E-state index contributed by atoms with van der Waals surface area (Å²) in [5.41, 5.74) is 1.06. The van der Waals surface area contributed by atoms with Gasteiger partial charge in [-0.05, 0) is 76.0 Å². The Kier molecular flexibility index (Phi) is 4.66. The summed E-state index contributed by atoms with van der Waals surface area (Å²) in [4.78, 5) is 0. The van der Waals surface area contributed by atoms with Crippen LogP contribution in [0.4, 0.5) is 0 Å². The molecule has 0 heterocycles. The average Bonchev–Trinajstić information content (AvgIpc) is 2.66. The van der Waals surface area contributed by atoms with Gasteiger partial charge >= 0.3 is 0 Å². The summed E-state index contributed by atoms with van der Waals surface area (Å²) in [5, 5.41) is 20.1. The smallest absolute Gasteiger partial charge is 0.0591 e. The van der Waals surface area contributed by atoms with E-state index in [0.29, 0.717) is 11.8 Å². The van der Waals surface area contributed by atoms with E-state index in [1.807, 2.05) is 13.8 Å². The van der Waals surface area contributed by atoms with Crippen molar-refractivity contribution in [3.05, 3.63) is 12.2 Å². The molecule has 0 aliphatic heterocycles. The van der Waals surface area contributed by atoms with E-state index in [-0.39, 0.29) is 11.5 Å². The molecule has 2 saturated carbocycles. The fourth-order valence-electron chi connectivity index (χ4n) is 4.74. The zero-order valence-corrected chi connectivity index (χ0v) is 13.5. The Morgan fingerprint density at radius 3 is 2.65 bits per heavy atom. The highest BCUT2D eigenvalue weighted by atomic mass is 16.3. The largest absolute Gasteiger partial charge is 0.393 e. The maximum absolute atomic E-state index is 10.3. The SMILES string of the molecule is C=C(CCCC(C)(C)O)[C@H]1CC[C@H]2C(O)CCCC12C. The van der Waals surface area contributed by atoms with E-state index in [0.717, 1.165) is 38.5 Å². The predicted molar refractivity (Wildman–Crippen MR) is 83.5 cm³/mol. The van der Waals surface area contributed by atoms with Gasteiger partial charge in [-0.2, -0.15) is 0 Å². The van der Waals surface area contributed by atoms with Gasteiger partial charge in [-0.15, -0.1) is 0 Å². The molecular weight excluding hydrogens is 248 g/mol. The van der Waals surface area contributed by atoms with Crippen LogP contribution in [0.5, 0.6) is 0 Å². The zero-order chi connectivity index (χ0) is 15.0. The van der Waals surface area contributed by atoms with Crippen LogP contribution in [-0.2, 0) is 0 Å². The molecule has 0 amide bonds. The first-order valence-electron chi connectivity index (χ1n) is 8.32. The summed E-state index contributed by atoms with van der Waals surface area (Å²) < 4.78 is 0. The molecule has 116 valence electrons. The minimum Gasteiger partial charge on any atom is -0.393 e. The Hall–Kier alpha value is -0.340. The lowest BCUT2D eigenvalue weighted by molar-refractivity contribution is -0.0114. The fourth-order valence-corrected chi connectivity index (χ4v) is 4.74. The molecule has 4 atom stereocenters. The van der Waals surface area contributed by atoms with Crippen LogP contribution in [-0.4, -0.2) is 21.9 Å². The van der Waals surface area contributed by atoms with Gasteiger partial charge in [-0.25, -0.2) is 0 Å². The molecule has 20 heavy (non-hydrogen) atoms. The highest BCUT2D eigenvalue weighted by Gasteiger charge is 2.51. The van der Waals surface area contributed by atoms with Gasteiger partial charge in [-0.1, -0.05) is 25.5 Å². The van der Waals surface area contributed by atoms with Gasteiger partial charge in [0.2, 0.25) is 0 Å². The highest BCUT2D eigenvalue weighted by Crippen LogP contribution is 2.57. The van der Waals surface area contributed by atoms with Crippen molar-refractivity contribution in [2.75, 3.05) is 0 Å². The number of rotatable bonds is 5. The van der Waals surface area contributed by atoms with Gasteiger partial charge in [0.1, 0.15) is 0 Å². The maximum atomic E-state index is 10.3. The lowest BCUT2D eigenvalue weighted by Gasteiger charge is -2.44. The second kappa shape index (κ2) is 5.81. The average molecular weight is 280 g/mol. The third kappa shape index (κ3) is 3.28. The first-order valence-corrected chi connectivity index (χ1v) is 8.32. The quantitative estimate of drug-likeness (QED) is 0.746. The molecule has 0 radical (unpaired) electrons. The van der Waals surface area contributed by atoms with Gasteiger partial charge in [0.25, 0.3) is 0 Å². The van der Waals surface area contributed by atoms with E-state index in [2.05, 4.69) is 13.5 Å². The number of hydrogen-bond acceptors (Lipinski definition) is 2. The van der Waals surface area contributed by atoms with Crippen molar-refractivity contribution in [2.24, 2.45) is 17.3 Å². The summed E-state index contributed by atoms with van der Waals surface area (Å²) in [7, 11) is 0. The molecule has 2 unspecified atom stereocenters. The van der Waals surface area contributed by atoms with E-state index in [1.165, 1.54) is 18.4 Å². The topological polar surface area (TPSA) is 40.5 Å². The van der Waals surface area contributed by atoms with E-state index >= 15 is 0 Å². The third-order valence-corrected chi connectivity index (χ3v) is 5.87. The fraction of sp³-hybridized carbons (Fsp3) is 0.889. The van der Waals surface area contributed by atoms with Gasteiger partial charge in [-0.3, -0.25) is 0 Å². The Bertz CT molecular complexity index is 355. The summed E-state index contributed by atoms with van der Waals surface area (Å²) in [6.45, 7) is 10.5. The molecule has 2 N–H and O–H groups in total. The maximum Gasteiger partial charge on any atom is 0.0591 e. The Balaban J connectivity index is 1.94. The first-order chi connectivity index (χ1) is 9.24. The summed E-state index contributed by atoms with van der Waals surface area (Å²) >= 11 is 0. The van der Waals surface area contributed by atoms with Crippen LogP contribution in [0.25, 0.3) is 0 Å². The minimum absolute atomic E-state index is 0.0945. The van der Waals surface area contributed by atoms with Gasteiger partial charge in [0.05, 0.1) is 11.7 Å². The molecule has 2 nitrogen and oxygen atoms in total. The van der Waals surface area contributed by atoms with Crippen LogP contribution in [0.2, 0.25) is 0 Å². The van der Waals surface area contributed by atoms with Crippen molar-refractivity contribution in [3.8, 4) is 0 Å². The Labute approximate surface area is 124 Å². The van der Waals surface area contributed by atoms with E-state index in [1.54, 1.807) is 0 Å². The molecule has 2 heteroatoms. The number of hydrogen-bond donors (Lipinski definition) is 2. The van der Waals surface area contributed by atoms with Gasteiger partial charge in [0, 0.05) is 0 Å². The number of fused-ring (bicyclic) bond motifs is 1. The van der Waals surface area contributed by atoms with Crippen LogP contribution in [0, 0.1) is 17.3 Å². The first kappa shape index (κ1) is 16.0. The van der Waals surface area contributed by atoms with Crippen molar-refractivity contribution < 1.29 is 10.2 Å². The molecular formula is C18H32O2. The van der Waals surface area contributed by atoms with Crippen molar-refractivity contribution in [3.63, 3.8) is 0 Å². The molecule has 0 spiro atoms. The van der Waals surface area contributed by atoms with Crippen LogP contribution in [0.3, 0.4) is 0 Å². The summed E-state index contributed by atoms with van der Waals surface area (Å²) in [6, 6.07) is 0. The molecule has 2 aliphatic rings.